The minimum Gasteiger partial charge on any atom is -0.462 e. The van der Waals surface area contributed by atoms with Gasteiger partial charge in [0.25, 0.3) is 0 Å². The van der Waals surface area contributed by atoms with E-state index in [1.807, 2.05) is 32.0 Å². The van der Waals surface area contributed by atoms with E-state index in [9.17, 15) is 4.79 Å². The summed E-state index contributed by atoms with van der Waals surface area (Å²) in [5.41, 5.74) is 6.69. The van der Waals surface area contributed by atoms with Gasteiger partial charge >= 0.3 is 5.97 Å². The Morgan fingerprint density at radius 2 is 1.90 bits per heavy atom. The molecule has 1 aromatic carbocycles. The standard InChI is InChI=1S/C16H24N2O2/c1-13(2)20-15(19)16(17)8-10-18(11-9-16)12-14-6-4-3-5-7-14/h3-7,13H,8-12,17H2,1-2H3. The molecule has 0 spiro atoms. The van der Waals surface area contributed by atoms with Crippen LogP contribution in [0, 0.1) is 0 Å². The first-order chi connectivity index (χ1) is 9.49. The maximum absolute atomic E-state index is 12.0. The van der Waals surface area contributed by atoms with Gasteiger partial charge in [0.15, 0.2) is 0 Å². The van der Waals surface area contributed by atoms with Gasteiger partial charge in [0, 0.05) is 19.6 Å². The highest BCUT2D eigenvalue weighted by molar-refractivity contribution is 5.80. The fraction of sp³-hybridized carbons (Fsp3) is 0.562. The van der Waals surface area contributed by atoms with Crippen molar-refractivity contribution in [3.05, 3.63) is 35.9 Å². The van der Waals surface area contributed by atoms with E-state index in [1.165, 1.54) is 5.56 Å². The van der Waals surface area contributed by atoms with Crippen LogP contribution in [-0.4, -0.2) is 35.6 Å². The van der Waals surface area contributed by atoms with Gasteiger partial charge in [-0.3, -0.25) is 9.69 Å². The quantitative estimate of drug-likeness (QED) is 0.854. The molecule has 0 radical (unpaired) electrons. The van der Waals surface area contributed by atoms with Crippen molar-refractivity contribution in [2.45, 2.75) is 44.9 Å². The zero-order chi connectivity index (χ0) is 14.6. The van der Waals surface area contributed by atoms with E-state index in [4.69, 9.17) is 10.5 Å². The molecule has 0 atom stereocenters. The molecule has 20 heavy (non-hydrogen) atoms. The topological polar surface area (TPSA) is 55.6 Å². The molecule has 1 saturated heterocycles. The molecule has 1 aliphatic rings. The lowest BCUT2D eigenvalue weighted by atomic mass is 9.88. The number of benzene rings is 1. The summed E-state index contributed by atoms with van der Waals surface area (Å²) in [6.45, 7) is 6.28. The molecular weight excluding hydrogens is 252 g/mol. The van der Waals surface area contributed by atoms with Crippen LogP contribution in [-0.2, 0) is 16.1 Å². The van der Waals surface area contributed by atoms with Gasteiger partial charge in [-0.1, -0.05) is 30.3 Å². The Kier molecular flexibility index (Phi) is 4.78. The van der Waals surface area contributed by atoms with Crippen molar-refractivity contribution in [1.29, 1.82) is 0 Å². The van der Waals surface area contributed by atoms with E-state index in [0.29, 0.717) is 12.8 Å². The third kappa shape index (κ3) is 3.81. The van der Waals surface area contributed by atoms with Crippen molar-refractivity contribution in [1.82, 2.24) is 4.90 Å². The molecule has 0 aliphatic carbocycles. The molecule has 1 fully saturated rings. The van der Waals surface area contributed by atoms with Crippen LogP contribution in [0.2, 0.25) is 0 Å². The highest BCUT2D eigenvalue weighted by atomic mass is 16.5. The number of piperidine rings is 1. The number of esters is 1. The van der Waals surface area contributed by atoms with Gasteiger partial charge in [0.1, 0.15) is 5.54 Å². The highest BCUT2D eigenvalue weighted by Crippen LogP contribution is 2.23. The van der Waals surface area contributed by atoms with Crippen molar-refractivity contribution in [2.24, 2.45) is 5.73 Å². The lowest BCUT2D eigenvalue weighted by Gasteiger charge is -2.37. The molecule has 0 aromatic heterocycles. The summed E-state index contributed by atoms with van der Waals surface area (Å²) < 4.78 is 5.26. The maximum Gasteiger partial charge on any atom is 0.326 e. The summed E-state index contributed by atoms with van der Waals surface area (Å²) in [5, 5.41) is 0. The molecule has 0 bridgehead atoms. The number of likely N-dealkylation sites (tertiary alicyclic amines) is 1. The summed E-state index contributed by atoms with van der Waals surface area (Å²) in [6, 6.07) is 10.4. The van der Waals surface area contributed by atoms with E-state index in [2.05, 4.69) is 17.0 Å². The molecule has 4 heteroatoms. The molecule has 2 rings (SSSR count). The van der Waals surface area contributed by atoms with Gasteiger partial charge < -0.3 is 10.5 Å². The highest BCUT2D eigenvalue weighted by Gasteiger charge is 2.39. The predicted molar refractivity (Wildman–Crippen MR) is 79.1 cm³/mol. The normalized spacial score (nSPS) is 19.0. The van der Waals surface area contributed by atoms with Crippen LogP contribution in [0.1, 0.15) is 32.3 Å². The zero-order valence-electron chi connectivity index (χ0n) is 12.3. The Morgan fingerprint density at radius 1 is 1.30 bits per heavy atom. The number of hydrogen-bond acceptors (Lipinski definition) is 4. The summed E-state index contributed by atoms with van der Waals surface area (Å²) in [6.07, 6.45) is 1.21. The third-order valence-electron chi connectivity index (χ3n) is 3.75. The smallest absolute Gasteiger partial charge is 0.326 e. The first kappa shape index (κ1) is 15.0. The van der Waals surface area contributed by atoms with E-state index in [0.717, 1.165) is 19.6 Å². The van der Waals surface area contributed by atoms with E-state index >= 15 is 0 Å². The Labute approximate surface area is 120 Å². The van der Waals surface area contributed by atoms with Crippen LogP contribution < -0.4 is 5.73 Å². The van der Waals surface area contributed by atoms with Gasteiger partial charge in [0.2, 0.25) is 0 Å². The molecule has 0 amide bonds. The molecule has 0 saturated carbocycles. The monoisotopic (exact) mass is 276 g/mol. The number of nitrogens with zero attached hydrogens (tertiary/aromatic N) is 1. The third-order valence-corrected chi connectivity index (χ3v) is 3.75. The molecule has 0 unspecified atom stereocenters. The van der Waals surface area contributed by atoms with Crippen LogP contribution in [0.4, 0.5) is 0 Å². The predicted octanol–water partition coefficient (Wildman–Crippen LogP) is 1.93. The summed E-state index contributed by atoms with van der Waals surface area (Å²) in [5.74, 6) is -0.258. The molecule has 1 aliphatic heterocycles. The number of hydrogen-bond donors (Lipinski definition) is 1. The molecule has 110 valence electrons. The molecule has 1 heterocycles. The van der Waals surface area contributed by atoms with Gasteiger partial charge in [-0.15, -0.1) is 0 Å². The molecule has 4 nitrogen and oxygen atoms in total. The van der Waals surface area contributed by atoms with Crippen LogP contribution in [0.5, 0.6) is 0 Å². The first-order valence-corrected chi connectivity index (χ1v) is 7.26. The van der Waals surface area contributed by atoms with Crippen LogP contribution in [0.25, 0.3) is 0 Å². The summed E-state index contributed by atoms with van der Waals surface area (Å²) in [4.78, 5) is 14.4. The van der Waals surface area contributed by atoms with Crippen LogP contribution >= 0.6 is 0 Å². The van der Waals surface area contributed by atoms with Crippen molar-refractivity contribution in [2.75, 3.05) is 13.1 Å². The van der Waals surface area contributed by atoms with E-state index in [1.54, 1.807) is 0 Å². The van der Waals surface area contributed by atoms with Gasteiger partial charge in [0.05, 0.1) is 6.10 Å². The average Bonchev–Trinajstić information content (AvgIpc) is 2.42. The lowest BCUT2D eigenvalue weighted by molar-refractivity contribution is -0.156. The minimum atomic E-state index is -0.808. The second kappa shape index (κ2) is 6.37. The number of nitrogens with two attached hydrogens (primary N) is 1. The molecular formula is C16H24N2O2. The number of carbonyl (C=O) groups is 1. The average molecular weight is 276 g/mol. The summed E-state index contributed by atoms with van der Waals surface area (Å²) in [7, 11) is 0. The SMILES string of the molecule is CC(C)OC(=O)C1(N)CCN(Cc2ccccc2)CC1. The Morgan fingerprint density at radius 3 is 2.45 bits per heavy atom. The fourth-order valence-corrected chi connectivity index (χ4v) is 2.49. The van der Waals surface area contributed by atoms with Crippen molar-refractivity contribution in [3.8, 4) is 0 Å². The Hall–Kier alpha value is -1.39. The maximum atomic E-state index is 12.0. The van der Waals surface area contributed by atoms with E-state index < -0.39 is 5.54 Å². The van der Waals surface area contributed by atoms with Crippen LogP contribution in [0.15, 0.2) is 30.3 Å². The van der Waals surface area contributed by atoms with Gasteiger partial charge in [-0.25, -0.2) is 0 Å². The Balaban J connectivity index is 1.87. The fourth-order valence-electron chi connectivity index (χ4n) is 2.49. The lowest BCUT2D eigenvalue weighted by Crippen LogP contribution is -2.56. The molecule has 1 aromatic rings. The van der Waals surface area contributed by atoms with Gasteiger partial charge in [-0.05, 0) is 32.3 Å². The molecule has 2 N–H and O–H groups in total. The first-order valence-electron chi connectivity index (χ1n) is 7.26. The van der Waals surface area contributed by atoms with Gasteiger partial charge in [-0.2, -0.15) is 0 Å². The Bertz CT molecular complexity index is 437. The van der Waals surface area contributed by atoms with Crippen molar-refractivity contribution < 1.29 is 9.53 Å². The van der Waals surface area contributed by atoms with Crippen molar-refractivity contribution in [3.63, 3.8) is 0 Å². The second-order valence-corrected chi connectivity index (χ2v) is 5.87. The number of ether oxygens (including phenoxy) is 1. The van der Waals surface area contributed by atoms with E-state index in [-0.39, 0.29) is 12.1 Å². The number of rotatable bonds is 4. The minimum absolute atomic E-state index is 0.106. The number of carbonyl (C=O) groups excluding carboxylic acids is 1. The van der Waals surface area contributed by atoms with Crippen LogP contribution in [0.3, 0.4) is 0 Å². The van der Waals surface area contributed by atoms with Crippen molar-refractivity contribution >= 4 is 5.97 Å². The zero-order valence-corrected chi connectivity index (χ0v) is 12.3. The largest absolute Gasteiger partial charge is 0.462 e. The summed E-state index contributed by atoms with van der Waals surface area (Å²) >= 11 is 0. The second-order valence-electron chi connectivity index (χ2n) is 5.87.